The zero-order valence-corrected chi connectivity index (χ0v) is 9.71. The highest BCUT2D eigenvalue weighted by molar-refractivity contribution is 5.93. The second-order valence-electron chi connectivity index (χ2n) is 4.16. The van der Waals surface area contributed by atoms with E-state index in [-0.39, 0.29) is 11.6 Å². The summed E-state index contributed by atoms with van der Waals surface area (Å²) in [7, 11) is 0. The van der Waals surface area contributed by atoms with Gasteiger partial charge in [0.25, 0.3) is 5.91 Å². The largest absolute Gasteiger partial charge is 0.312 e. The van der Waals surface area contributed by atoms with E-state index in [1.54, 1.807) is 0 Å². The fourth-order valence-corrected chi connectivity index (χ4v) is 1.80. The minimum Gasteiger partial charge on any atom is -0.312 e. The van der Waals surface area contributed by atoms with E-state index in [1.165, 1.54) is 6.07 Å². The minimum atomic E-state index is -1.06. The van der Waals surface area contributed by atoms with Gasteiger partial charge in [-0.05, 0) is 37.6 Å². The third-order valence-corrected chi connectivity index (χ3v) is 2.79. The fourth-order valence-electron chi connectivity index (χ4n) is 1.80. The molecule has 1 aliphatic heterocycles. The van der Waals surface area contributed by atoms with Crippen molar-refractivity contribution in [1.29, 1.82) is 0 Å². The Labute approximate surface area is 103 Å². The van der Waals surface area contributed by atoms with Gasteiger partial charge in [-0.1, -0.05) is 0 Å². The molecule has 1 amide bonds. The monoisotopic (exact) mass is 256 g/mol. The molecule has 0 aliphatic carbocycles. The first-order valence-corrected chi connectivity index (χ1v) is 5.77. The summed E-state index contributed by atoms with van der Waals surface area (Å²) < 4.78 is 25.6. The van der Waals surface area contributed by atoms with Crippen molar-refractivity contribution in [3.63, 3.8) is 0 Å². The second-order valence-corrected chi connectivity index (χ2v) is 4.16. The van der Waals surface area contributed by atoms with Gasteiger partial charge >= 0.3 is 0 Å². The maximum Gasteiger partial charge on any atom is 0.274 e. The average Bonchev–Trinajstić information content (AvgIpc) is 2.85. The van der Waals surface area contributed by atoms with Gasteiger partial charge in [0.05, 0.1) is 6.61 Å². The van der Waals surface area contributed by atoms with Crippen LogP contribution in [0, 0.1) is 11.6 Å². The lowest BCUT2D eigenvalue weighted by molar-refractivity contribution is 0.0242. The summed E-state index contributed by atoms with van der Waals surface area (Å²) in [6.45, 7) is 1.31. The number of halogens is 2. The van der Waals surface area contributed by atoms with Gasteiger partial charge in [0, 0.05) is 11.6 Å². The normalized spacial score (nSPS) is 18.9. The minimum absolute atomic E-state index is 0.0216. The van der Waals surface area contributed by atoms with Crippen LogP contribution in [0.25, 0.3) is 0 Å². The van der Waals surface area contributed by atoms with Crippen molar-refractivity contribution in [2.75, 3.05) is 13.2 Å². The molecular weight excluding hydrogens is 242 g/mol. The molecule has 1 unspecified atom stereocenters. The van der Waals surface area contributed by atoms with E-state index in [4.69, 9.17) is 4.84 Å². The smallest absolute Gasteiger partial charge is 0.274 e. The third-order valence-electron chi connectivity index (χ3n) is 2.79. The van der Waals surface area contributed by atoms with E-state index in [2.05, 4.69) is 10.8 Å². The summed E-state index contributed by atoms with van der Waals surface area (Å²) in [6, 6.07) is 3.17. The van der Waals surface area contributed by atoms with Crippen LogP contribution in [-0.2, 0) is 4.84 Å². The van der Waals surface area contributed by atoms with Crippen LogP contribution < -0.4 is 10.8 Å². The van der Waals surface area contributed by atoms with E-state index in [1.807, 2.05) is 0 Å². The zero-order chi connectivity index (χ0) is 13.0. The molecule has 0 saturated carbocycles. The molecule has 0 radical (unpaired) electrons. The molecule has 1 fully saturated rings. The number of carbonyl (C=O) groups excluding carboxylic acids is 1. The van der Waals surface area contributed by atoms with Crippen LogP contribution in [0.1, 0.15) is 23.2 Å². The predicted molar refractivity (Wildman–Crippen MR) is 60.8 cm³/mol. The highest BCUT2D eigenvalue weighted by Crippen LogP contribution is 2.09. The molecule has 1 aliphatic rings. The van der Waals surface area contributed by atoms with E-state index < -0.39 is 17.5 Å². The quantitative estimate of drug-likeness (QED) is 0.800. The van der Waals surface area contributed by atoms with Crippen molar-refractivity contribution in [2.24, 2.45) is 0 Å². The molecule has 1 saturated heterocycles. The average molecular weight is 256 g/mol. The topological polar surface area (TPSA) is 50.4 Å². The maximum atomic E-state index is 12.9. The number of hydrogen-bond donors (Lipinski definition) is 2. The van der Waals surface area contributed by atoms with Gasteiger partial charge in [-0.15, -0.1) is 0 Å². The van der Waals surface area contributed by atoms with Crippen LogP contribution in [0.4, 0.5) is 8.78 Å². The van der Waals surface area contributed by atoms with Crippen LogP contribution in [0.5, 0.6) is 0 Å². The summed E-state index contributed by atoms with van der Waals surface area (Å²) in [5.41, 5.74) is 2.23. The Balaban J connectivity index is 1.81. The molecule has 98 valence electrons. The SMILES string of the molecule is O=C(NOCC1CCCN1)c1ccc(F)c(F)c1. The van der Waals surface area contributed by atoms with Gasteiger partial charge in [0.2, 0.25) is 0 Å². The molecule has 0 aromatic heterocycles. The van der Waals surface area contributed by atoms with E-state index >= 15 is 0 Å². The zero-order valence-electron chi connectivity index (χ0n) is 9.71. The highest BCUT2D eigenvalue weighted by atomic mass is 19.2. The molecule has 0 spiro atoms. The van der Waals surface area contributed by atoms with Gasteiger partial charge in [0.15, 0.2) is 11.6 Å². The molecule has 18 heavy (non-hydrogen) atoms. The number of hydroxylamine groups is 1. The highest BCUT2D eigenvalue weighted by Gasteiger charge is 2.15. The van der Waals surface area contributed by atoms with E-state index in [0.29, 0.717) is 6.61 Å². The molecular formula is C12H14F2N2O2. The second kappa shape index (κ2) is 5.88. The molecule has 4 nitrogen and oxygen atoms in total. The van der Waals surface area contributed by atoms with Crippen LogP contribution >= 0.6 is 0 Å². The Bertz CT molecular complexity index is 434. The lowest BCUT2D eigenvalue weighted by Gasteiger charge is -2.11. The lowest BCUT2D eigenvalue weighted by Crippen LogP contribution is -2.32. The summed E-state index contributed by atoms with van der Waals surface area (Å²) in [4.78, 5) is 16.6. The molecule has 6 heteroatoms. The first-order chi connectivity index (χ1) is 8.66. The number of benzene rings is 1. The summed E-state index contributed by atoms with van der Waals surface area (Å²) >= 11 is 0. The van der Waals surface area contributed by atoms with Crippen molar-refractivity contribution >= 4 is 5.91 Å². The Morgan fingerprint density at radius 3 is 2.94 bits per heavy atom. The molecule has 2 rings (SSSR count). The van der Waals surface area contributed by atoms with Gasteiger partial charge in [-0.2, -0.15) is 0 Å². The number of nitrogens with one attached hydrogen (secondary N) is 2. The van der Waals surface area contributed by atoms with Gasteiger partial charge in [0.1, 0.15) is 0 Å². The van der Waals surface area contributed by atoms with Gasteiger partial charge < -0.3 is 5.32 Å². The van der Waals surface area contributed by atoms with Crippen LogP contribution in [0.3, 0.4) is 0 Å². The van der Waals surface area contributed by atoms with Gasteiger partial charge in [-0.3, -0.25) is 9.63 Å². The number of hydrogen-bond acceptors (Lipinski definition) is 3. The van der Waals surface area contributed by atoms with Crippen molar-refractivity contribution in [2.45, 2.75) is 18.9 Å². The van der Waals surface area contributed by atoms with Gasteiger partial charge in [-0.25, -0.2) is 14.3 Å². The first-order valence-electron chi connectivity index (χ1n) is 5.77. The number of amides is 1. The van der Waals surface area contributed by atoms with Crippen molar-refractivity contribution < 1.29 is 18.4 Å². The van der Waals surface area contributed by atoms with Crippen LogP contribution in [-0.4, -0.2) is 25.1 Å². The molecule has 1 heterocycles. The van der Waals surface area contributed by atoms with E-state index in [9.17, 15) is 13.6 Å². The predicted octanol–water partition coefficient (Wildman–Crippen LogP) is 1.38. The lowest BCUT2D eigenvalue weighted by atomic mass is 10.2. The fraction of sp³-hybridized carbons (Fsp3) is 0.417. The molecule has 0 bridgehead atoms. The van der Waals surface area contributed by atoms with Crippen molar-refractivity contribution in [1.82, 2.24) is 10.8 Å². The Hall–Kier alpha value is -1.53. The summed E-state index contributed by atoms with van der Waals surface area (Å²) in [5.74, 6) is -2.63. The van der Waals surface area contributed by atoms with Crippen LogP contribution in [0.15, 0.2) is 18.2 Å². The summed E-state index contributed by atoms with van der Waals surface area (Å²) in [5, 5.41) is 3.20. The third kappa shape index (κ3) is 3.24. The van der Waals surface area contributed by atoms with Crippen molar-refractivity contribution in [3.8, 4) is 0 Å². The number of rotatable bonds is 4. The first kappa shape index (κ1) is 12.9. The van der Waals surface area contributed by atoms with E-state index in [0.717, 1.165) is 31.5 Å². The summed E-state index contributed by atoms with van der Waals surface area (Å²) in [6.07, 6.45) is 2.09. The molecule has 1 atom stereocenters. The standard InChI is InChI=1S/C12H14F2N2O2/c13-10-4-3-8(6-11(10)14)12(17)16-18-7-9-2-1-5-15-9/h3-4,6,9,15H,1-2,5,7H2,(H,16,17). The Morgan fingerprint density at radius 2 is 2.28 bits per heavy atom. The Kier molecular flexibility index (Phi) is 4.22. The molecule has 1 aromatic carbocycles. The van der Waals surface area contributed by atoms with Crippen LogP contribution in [0.2, 0.25) is 0 Å². The molecule has 2 N–H and O–H groups in total. The Morgan fingerprint density at radius 1 is 1.44 bits per heavy atom. The maximum absolute atomic E-state index is 12.9. The molecule has 1 aromatic rings. The van der Waals surface area contributed by atoms with Crippen molar-refractivity contribution in [3.05, 3.63) is 35.4 Å². The number of carbonyl (C=O) groups is 1.